The number of benzene rings is 1. The molecule has 0 saturated carbocycles. The molecular formula is C12H9FN4OS2. The van der Waals surface area contributed by atoms with Crippen LogP contribution in [0.2, 0.25) is 0 Å². The van der Waals surface area contributed by atoms with Gasteiger partial charge in [-0.25, -0.2) is 4.39 Å². The first kappa shape index (κ1) is 12.9. The number of carbonyl (C=O) groups is 1. The van der Waals surface area contributed by atoms with Crippen LogP contribution in [0.5, 0.6) is 0 Å². The normalized spacial score (nSPS) is 12.2. The molecule has 1 amide bonds. The molecule has 0 atom stereocenters. The summed E-state index contributed by atoms with van der Waals surface area (Å²) in [5.74, 6) is -1.03. The van der Waals surface area contributed by atoms with Crippen molar-refractivity contribution in [2.45, 2.75) is 0 Å². The highest BCUT2D eigenvalue weighted by molar-refractivity contribution is 7.71. The summed E-state index contributed by atoms with van der Waals surface area (Å²) in [5, 5.41) is 1.82. The zero-order chi connectivity index (χ0) is 14.3. The number of amides is 1. The molecule has 0 aliphatic rings. The van der Waals surface area contributed by atoms with Crippen LogP contribution < -0.4 is 4.80 Å². The largest absolute Gasteiger partial charge is 0.331 e. The number of fused-ring (bicyclic) bond motifs is 1. The lowest BCUT2D eigenvalue weighted by molar-refractivity contribution is 0.0999. The van der Waals surface area contributed by atoms with Crippen LogP contribution in [0.25, 0.3) is 11.0 Å². The number of hydrogen-bond donors (Lipinski definition) is 2. The maximum atomic E-state index is 13.6. The van der Waals surface area contributed by atoms with Gasteiger partial charge in [-0.3, -0.25) is 4.79 Å². The standard InChI is InChI=1S/C12H9FN4OS2/c1-17-2-3-20-12(17)16-10(18)7-4-6(13)5-8-9(7)15-11(19)14-8/h2-5H,1H3,(H2,14,15,19). The van der Waals surface area contributed by atoms with Gasteiger partial charge in [-0.15, -0.1) is 11.3 Å². The maximum absolute atomic E-state index is 13.6. The van der Waals surface area contributed by atoms with Crippen molar-refractivity contribution in [2.24, 2.45) is 12.0 Å². The number of H-pyrrole nitrogens is 2. The highest BCUT2D eigenvalue weighted by Gasteiger charge is 2.13. The van der Waals surface area contributed by atoms with E-state index in [9.17, 15) is 9.18 Å². The van der Waals surface area contributed by atoms with E-state index in [2.05, 4.69) is 15.0 Å². The summed E-state index contributed by atoms with van der Waals surface area (Å²) >= 11 is 6.29. The predicted octanol–water partition coefficient (Wildman–Crippen LogP) is 2.51. The van der Waals surface area contributed by atoms with Gasteiger partial charge in [0.1, 0.15) is 5.82 Å². The molecular weight excluding hydrogens is 299 g/mol. The second-order valence-electron chi connectivity index (χ2n) is 4.17. The molecule has 0 spiro atoms. The summed E-state index contributed by atoms with van der Waals surface area (Å²) in [7, 11) is 1.79. The summed E-state index contributed by atoms with van der Waals surface area (Å²) < 4.78 is 15.6. The highest BCUT2D eigenvalue weighted by Crippen LogP contribution is 2.18. The molecule has 0 saturated heterocycles. The number of hydrogen-bond acceptors (Lipinski definition) is 3. The molecule has 0 unspecified atom stereocenters. The molecule has 2 heterocycles. The first-order valence-corrected chi connectivity index (χ1v) is 6.94. The van der Waals surface area contributed by atoms with Crippen molar-refractivity contribution < 1.29 is 9.18 Å². The number of aromatic nitrogens is 3. The number of thiazole rings is 1. The quantitative estimate of drug-likeness (QED) is 0.678. The summed E-state index contributed by atoms with van der Waals surface area (Å²) in [6.07, 6.45) is 1.79. The summed E-state index contributed by atoms with van der Waals surface area (Å²) in [6, 6.07) is 2.43. The van der Waals surface area contributed by atoms with Gasteiger partial charge in [0.15, 0.2) is 9.57 Å². The number of rotatable bonds is 1. The maximum Gasteiger partial charge on any atom is 0.281 e. The molecule has 2 aromatic heterocycles. The molecule has 1 aromatic carbocycles. The van der Waals surface area contributed by atoms with Gasteiger partial charge in [0.25, 0.3) is 5.91 Å². The van der Waals surface area contributed by atoms with Crippen molar-refractivity contribution in [3.63, 3.8) is 0 Å². The smallest absolute Gasteiger partial charge is 0.281 e. The molecule has 0 aliphatic heterocycles. The third-order valence-electron chi connectivity index (χ3n) is 2.78. The number of aryl methyl sites for hydroxylation is 1. The molecule has 0 bridgehead atoms. The van der Waals surface area contributed by atoms with Crippen LogP contribution in [-0.2, 0) is 7.05 Å². The molecule has 8 heteroatoms. The number of nitrogens with zero attached hydrogens (tertiary/aromatic N) is 2. The molecule has 0 radical (unpaired) electrons. The Hall–Kier alpha value is -2.06. The third kappa shape index (κ3) is 2.23. The molecule has 102 valence electrons. The van der Waals surface area contributed by atoms with Crippen LogP contribution in [0, 0.1) is 10.6 Å². The van der Waals surface area contributed by atoms with Crippen LogP contribution in [0.4, 0.5) is 4.39 Å². The SMILES string of the molecule is Cn1ccsc1=NC(=O)c1cc(F)cc2[nH]c(=S)[nH]c12. The Morgan fingerprint density at radius 2 is 2.25 bits per heavy atom. The molecule has 2 N–H and O–H groups in total. The fourth-order valence-corrected chi connectivity index (χ4v) is 2.80. The Kier molecular flexibility index (Phi) is 3.11. The Morgan fingerprint density at radius 1 is 1.45 bits per heavy atom. The minimum absolute atomic E-state index is 0.153. The van der Waals surface area contributed by atoms with Gasteiger partial charge in [-0.05, 0) is 24.4 Å². The lowest BCUT2D eigenvalue weighted by Gasteiger charge is -1.98. The van der Waals surface area contributed by atoms with E-state index in [1.807, 2.05) is 5.38 Å². The summed E-state index contributed by atoms with van der Waals surface area (Å²) in [6.45, 7) is 0. The van der Waals surface area contributed by atoms with E-state index in [1.54, 1.807) is 17.8 Å². The predicted molar refractivity (Wildman–Crippen MR) is 76.6 cm³/mol. The van der Waals surface area contributed by atoms with Gasteiger partial charge in [-0.1, -0.05) is 0 Å². The Bertz CT molecular complexity index is 931. The van der Waals surface area contributed by atoms with Crippen LogP contribution in [0.15, 0.2) is 28.7 Å². The number of imidazole rings is 1. The van der Waals surface area contributed by atoms with Crippen molar-refractivity contribution in [1.29, 1.82) is 0 Å². The molecule has 3 aromatic rings. The van der Waals surface area contributed by atoms with Gasteiger partial charge in [-0.2, -0.15) is 4.99 Å². The molecule has 3 rings (SSSR count). The zero-order valence-corrected chi connectivity index (χ0v) is 11.9. The first-order chi connectivity index (χ1) is 9.54. The fraction of sp³-hybridized carbons (Fsp3) is 0.0833. The van der Waals surface area contributed by atoms with Crippen LogP contribution in [0.1, 0.15) is 10.4 Å². The summed E-state index contributed by atoms with van der Waals surface area (Å²) in [4.78, 5) is 22.4. The van der Waals surface area contributed by atoms with Gasteiger partial charge in [0.05, 0.1) is 16.6 Å². The summed E-state index contributed by atoms with van der Waals surface area (Å²) in [5.41, 5.74) is 1.06. The topological polar surface area (TPSA) is 65.9 Å². The van der Waals surface area contributed by atoms with Crippen LogP contribution in [-0.4, -0.2) is 20.4 Å². The second kappa shape index (κ2) is 4.80. The van der Waals surface area contributed by atoms with E-state index < -0.39 is 11.7 Å². The minimum Gasteiger partial charge on any atom is -0.331 e. The second-order valence-corrected chi connectivity index (χ2v) is 5.45. The first-order valence-electron chi connectivity index (χ1n) is 5.65. The molecule has 5 nitrogen and oxygen atoms in total. The average Bonchev–Trinajstić information content (AvgIpc) is 2.94. The van der Waals surface area contributed by atoms with Crippen LogP contribution in [0.3, 0.4) is 0 Å². The number of halogens is 1. The van der Waals surface area contributed by atoms with E-state index in [0.717, 1.165) is 6.07 Å². The number of aromatic amines is 2. The Labute approximate surface area is 121 Å². The average molecular weight is 308 g/mol. The van der Waals surface area contributed by atoms with Crippen molar-refractivity contribution in [2.75, 3.05) is 0 Å². The van der Waals surface area contributed by atoms with E-state index in [-0.39, 0.29) is 5.56 Å². The lowest BCUT2D eigenvalue weighted by Crippen LogP contribution is -2.13. The van der Waals surface area contributed by atoms with Crippen molar-refractivity contribution in [3.8, 4) is 0 Å². The van der Waals surface area contributed by atoms with E-state index in [0.29, 0.717) is 20.6 Å². The Morgan fingerprint density at radius 3 is 2.95 bits per heavy atom. The van der Waals surface area contributed by atoms with Gasteiger partial charge in [0, 0.05) is 18.6 Å². The van der Waals surface area contributed by atoms with E-state index >= 15 is 0 Å². The van der Waals surface area contributed by atoms with Gasteiger partial charge >= 0.3 is 0 Å². The van der Waals surface area contributed by atoms with Crippen LogP contribution >= 0.6 is 23.6 Å². The molecule has 0 aliphatic carbocycles. The van der Waals surface area contributed by atoms with E-state index in [1.165, 1.54) is 17.4 Å². The van der Waals surface area contributed by atoms with Gasteiger partial charge in [0.2, 0.25) is 0 Å². The van der Waals surface area contributed by atoms with Crippen molar-refractivity contribution in [1.82, 2.24) is 14.5 Å². The van der Waals surface area contributed by atoms with Crippen molar-refractivity contribution in [3.05, 3.63) is 44.7 Å². The highest BCUT2D eigenvalue weighted by atomic mass is 32.1. The number of nitrogens with one attached hydrogen (secondary N) is 2. The van der Waals surface area contributed by atoms with Crippen molar-refractivity contribution >= 4 is 40.5 Å². The van der Waals surface area contributed by atoms with Gasteiger partial charge < -0.3 is 14.5 Å². The minimum atomic E-state index is -0.517. The molecule has 20 heavy (non-hydrogen) atoms. The Balaban J connectivity index is 2.22. The number of carbonyl (C=O) groups excluding carboxylic acids is 1. The fourth-order valence-electron chi connectivity index (χ4n) is 1.86. The monoisotopic (exact) mass is 308 g/mol. The molecule has 0 fully saturated rings. The third-order valence-corrected chi connectivity index (χ3v) is 3.83. The zero-order valence-electron chi connectivity index (χ0n) is 10.3. The van der Waals surface area contributed by atoms with E-state index in [4.69, 9.17) is 12.2 Å². The lowest BCUT2D eigenvalue weighted by atomic mass is 10.1.